The predicted octanol–water partition coefficient (Wildman–Crippen LogP) is 2.01. The van der Waals surface area contributed by atoms with Gasteiger partial charge in [0.15, 0.2) is 5.96 Å². The summed E-state index contributed by atoms with van der Waals surface area (Å²) in [5, 5.41) is 6.85. The van der Waals surface area contributed by atoms with Gasteiger partial charge in [0, 0.05) is 45.4 Å². The first-order valence-electron chi connectivity index (χ1n) is 10.6. The SMILES string of the molecule is CCNC(=NCc1cccc(S(=O)(=O)NCCOC)c1)NC1CN(C(C)C)CC1C.I. The molecule has 1 heterocycles. The molecule has 1 aliphatic heterocycles. The maximum atomic E-state index is 12.4. The van der Waals surface area contributed by atoms with Gasteiger partial charge in [-0.3, -0.25) is 4.90 Å². The van der Waals surface area contributed by atoms with Crippen molar-refractivity contribution in [1.82, 2.24) is 20.3 Å². The van der Waals surface area contributed by atoms with Crippen LogP contribution in [0.15, 0.2) is 34.2 Å². The Morgan fingerprint density at radius 2 is 2.06 bits per heavy atom. The molecule has 1 fully saturated rings. The summed E-state index contributed by atoms with van der Waals surface area (Å²) in [7, 11) is -2.02. The molecule has 1 aliphatic rings. The van der Waals surface area contributed by atoms with E-state index in [0.717, 1.165) is 31.2 Å². The van der Waals surface area contributed by atoms with Crippen LogP contribution in [0, 0.1) is 5.92 Å². The van der Waals surface area contributed by atoms with Gasteiger partial charge in [-0.25, -0.2) is 18.1 Å². The molecule has 0 aromatic heterocycles. The van der Waals surface area contributed by atoms with Gasteiger partial charge < -0.3 is 15.4 Å². The normalized spacial score (nSPS) is 20.0. The summed E-state index contributed by atoms with van der Waals surface area (Å²) in [6.45, 7) is 12.5. The van der Waals surface area contributed by atoms with E-state index < -0.39 is 10.0 Å². The van der Waals surface area contributed by atoms with E-state index in [2.05, 4.69) is 41.0 Å². The number of nitrogens with zero attached hydrogens (tertiary/aromatic N) is 2. The van der Waals surface area contributed by atoms with Crippen LogP contribution in [0.5, 0.6) is 0 Å². The standard InChI is InChI=1S/C21H37N5O3S.HI/c1-6-22-21(25-20-15-26(16(2)3)14-17(20)4)23-13-18-8-7-9-19(12-18)30(27,28)24-10-11-29-5;/h7-9,12,16-17,20,24H,6,10-11,13-15H2,1-5H3,(H2,22,23,25);1H. The Labute approximate surface area is 204 Å². The minimum absolute atomic E-state index is 0. The highest BCUT2D eigenvalue weighted by molar-refractivity contribution is 14.0. The van der Waals surface area contributed by atoms with Crippen LogP contribution in [0.2, 0.25) is 0 Å². The monoisotopic (exact) mass is 567 g/mol. The van der Waals surface area contributed by atoms with Gasteiger partial charge in [-0.05, 0) is 44.4 Å². The van der Waals surface area contributed by atoms with E-state index in [1.54, 1.807) is 18.2 Å². The first kappa shape index (κ1) is 28.1. The van der Waals surface area contributed by atoms with Gasteiger partial charge in [0.2, 0.25) is 10.0 Å². The highest BCUT2D eigenvalue weighted by Crippen LogP contribution is 2.18. The van der Waals surface area contributed by atoms with Crippen LogP contribution in [-0.2, 0) is 21.3 Å². The smallest absolute Gasteiger partial charge is 0.240 e. The molecule has 0 radical (unpaired) electrons. The lowest BCUT2D eigenvalue weighted by molar-refractivity contribution is 0.204. The molecule has 3 N–H and O–H groups in total. The van der Waals surface area contributed by atoms with Gasteiger partial charge in [-0.15, -0.1) is 24.0 Å². The zero-order chi connectivity index (χ0) is 22.1. The molecule has 1 aromatic rings. The molecule has 0 saturated carbocycles. The van der Waals surface area contributed by atoms with Crippen molar-refractivity contribution in [2.24, 2.45) is 10.9 Å². The number of ether oxygens (including phenoxy) is 1. The minimum atomic E-state index is -3.56. The number of hydrogen-bond donors (Lipinski definition) is 3. The van der Waals surface area contributed by atoms with E-state index in [1.807, 2.05) is 13.0 Å². The maximum Gasteiger partial charge on any atom is 0.240 e. The third-order valence-electron chi connectivity index (χ3n) is 5.26. The molecule has 2 rings (SSSR count). The molecule has 2 unspecified atom stereocenters. The number of halogens is 1. The Morgan fingerprint density at radius 3 is 2.68 bits per heavy atom. The number of methoxy groups -OCH3 is 1. The zero-order valence-electron chi connectivity index (χ0n) is 19.2. The second kappa shape index (κ2) is 13.6. The predicted molar refractivity (Wildman–Crippen MR) is 137 cm³/mol. The summed E-state index contributed by atoms with van der Waals surface area (Å²) in [5.74, 6) is 1.29. The molecule has 0 aliphatic carbocycles. The maximum absolute atomic E-state index is 12.4. The van der Waals surface area contributed by atoms with Gasteiger partial charge in [0.25, 0.3) is 0 Å². The lowest BCUT2D eigenvalue weighted by Crippen LogP contribution is -2.46. The van der Waals surface area contributed by atoms with E-state index in [9.17, 15) is 8.42 Å². The van der Waals surface area contributed by atoms with Crippen LogP contribution in [0.25, 0.3) is 0 Å². The lowest BCUT2D eigenvalue weighted by Gasteiger charge is -2.22. The molecule has 10 heteroatoms. The summed E-state index contributed by atoms with van der Waals surface area (Å²) in [6, 6.07) is 7.76. The van der Waals surface area contributed by atoms with Crippen LogP contribution in [0.3, 0.4) is 0 Å². The van der Waals surface area contributed by atoms with Crippen molar-refractivity contribution in [3.63, 3.8) is 0 Å². The molecule has 0 bridgehead atoms. The molecule has 0 amide bonds. The molecular formula is C21H38IN5O3S. The molecule has 31 heavy (non-hydrogen) atoms. The number of benzene rings is 1. The highest BCUT2D eigenvalue weighted by Gasteiger charge is 2.31. The number of sulfonamides is 1. The molecule has 8 nitrogen and oxygen atoms in total. The second-order valence-electron chi connectivity index (χ2n) is 8.01. The summed E-state index contributed by atoms with van der Waals surface area (Å²) < 4.78 is 32.3. The highest BCUT2D eigenvalue weighted by atomic mass is 127. The Balaban J connectivity index is 0.00000480. The first-order chi connectivity index (χ1) is 14.3. The van der Waals surface area contributed by atoms with Crippen molar-refractivity contribution in [1.29, 1.82) is 0 Å². The summed E-state index contributed by atoms with van der Waals surface area (Å²) in [5.41, 5.74) is 0.838. The largest absolute Gasteiger partial charge is 0.383 e. The van der Waals surface area contributed by atoms with Crippen LogP contribution in [0.1, 0.15) is 33.3 Å². The third-order valence-corrected chi connectivity index (χ3v) is 6.72. The number of likely N-dealkylation sites (tertiary alicyclic amines) is 1. The van der Waals surface area contributed by atoms with Crippen LogP contribution >= 0.6 is 24.0 Å². The van der Waals surface area contributed by atoms with Crippen LogP contribution < -0.4 is 15.4 Å². The van der Waals surface area contributed by atoms with Crippen molar-refractivity contribution in [3.05, 3.63) is 29.8 Å². The molecular weight excluding hydrogens is 529 g/mol. The minimum Gasteiger partial charge on any atom is -0.383 e. The summed E-state index contributed by atoms with van der Waals surface area (Å²) in [4.78, 5) is 7.40. The average Bonchev–Trinajstić information content (AvgIpc) is 3.07. The van der Waals surface area contributed by atoms with Crippen molar-refractivity contribution in [3.8, 4) is 0 Å². The van der Waals surface area contributed by atoms with Gasteiger partial charge >= 0.3 is 0 Å². The fourth-order valence-electron chi connectivity index (χ4n) is 3.45. The lowest BCUT2D eigenvalue weighted by atomic mass is 10.1. The molecule has 2 atom stereocenters. The van der Waals surface area contributed by atoms with Gasteiger partial charge in [-0.1, -0.05) is 19.1 Å². The number of aliphatic imine (C=N–C) groups is 1. The van der Waals surface area contributed by atoms with E-state index in [4.69, 9.17) is 9.73 Å². The third kappa shape index (κ3) is 8.83. The Bertz CT molecular complexity index is 804. The van der Waals surface area contributed by atoms with Crippen LogP contribution in [-0.4, -0.2) is 71.3 Å². The Hall–Kier alpha value is -0.950. The number of guanidine groups is 1. The molecule has 1 aromatic carbocycles. The Morgan fingerprint density at radius 1 is 1.32 bits per heavy atom. The second-order valence-corrected chi connectivity index (χ2v) is 9.78. The van der Waals surface area contributed by atoms with Crippen molar-refractivity contribution in [2.45, 2.75) is 51.2 Å². The van der Waals surface area contributed by atoms with Crippen molar-refractivity contribution in [2.75, 3.05) is 39.9 Å². The van der Waals surface area contributed by atoms with Gasteiger partial charge in [0.05, 0.1) is 18.0 Å². The summed E-state index contributed by atoms with van der Waals surface area (Å²) >= 11 is 0. The van der Waals surface area contributed by atoms with E-state index in [1.165, 1.54) is 7.11 Å². The number of rotatable bonds is 10. The average molecular weight is 568 g/mol. The van der Waals surface area contributed by atoms with Crippen LogP contribution in [0.4, 0.5) is 0 Å². The van der Waals surface area contributed by atoms with Crippen molar-refractivity contribution < 1.29 is 13.2 Å². The fourth-order valence-corrected chi connectivity index (χ4v) is 4.54. The number of hydrogen-bond acceptors (Lipinski definition) is 5. The van der Waals surface area contributed by atoms with Crippen molar-refractivity contribution >= 4 is 40.0 Å². The van der Waals surface area contributed by atoms with Gasteiger partial charge in [0.1, 0.15) is 0 Å². The van der Waals surface area contributed by atoms with E-state index in [-0.39, 0.29) is 35.4 Å². The zero-order valence-corrected chi connectivity index (χ0v) is 22.4. The summed E-state index contributed by atoms with van der Waals surface area (Å²) in [6.07, 6.45) is 0. The fraction of sp³-hybridized carbons (Fsp3) is 0.667. The number of nitrogens with one attached hydrogen (secondary N) is 3. The topological polar surface area (TPSA) is 95.1 Å². The van der Waals surface area contributed by atoms with Gasteiger partial charge in [-0.2, -0.15) is 0 Å². The first-order valence-corrected chi connectivity index (χ1v) is 12.1. The van der Waals surface area contributed by atoms with E-state index >= 15 is 0 Å². The molecule has 178 valence electrons. The molecule has 1 saturated heterocycles. The molecule has 0 spiro atoms. The quantitative estimate of drug-likeness (QED) is 0.173. The van der Waals surface area contributed by atoms with E-state index in [0.29, 0.717) is 31.2 Å². The Kier molecular flexibility index (Phi) is 12.3.